The van der Waals surface area contributed by atoms with Gasteiger partial charge in [0.1, 0.15) is 0 Å². The number of hydrogen-bond donors (Lipinski definition) is 1. The third-order valence-electron chi connectivity index (χ3n) is 5.50. The number of nitrogens with zero attached hydrogens (tertiary/aromatic N) is 1. The highest BCUT2D eigenvalue weighted by Crippen LogP contribution is 2.20. The Balaban J connectivity index is 1.33. The van der Waals surface area contributed by atoms with Gasteiger partial charge in [-0.05, 0) is 48.6 Å². The molecule has 0 saturated carbocycles. The van der Waals surface area contributed by atoms with E-state index >= 15 is 0 Å². The fourth-order valence-electron chi connectivity index (χ4n) is 3.83. The molecule has 1 fully saturated rings. The van der Waals surface area contributed by atoms with E-state index in [0.29, 0.717) is 24.1 Å². The van der Waals surface area contributed by atoms with Crippen LogP contribution in [0.3, 0.4) is 0 Å². The Bertz CT molecular complexity index is 917. The molecule has 4 rings (SSSR count). The van der Waals surface area contributed by atoms with Crippen LogP contribution in [0.2, 0.25) is 0 Å². The number of hydrogen-bond acceptors (Lipinski definition) is 4. The van der Waals surface area contributed by atoms with Crippen LogP contribution in [0.4, 0.5) is 0 Å². The van der Waals surface area contributed by atoms with Crippen molar-refractivity contribution < 1.29 is 19.1 Å². The molecule has 6 nitrogen and oxygen atoms in total. The van der Waals surface area contributed by atoms with Crippen LogP contribution >= 0.6 is 0 Å². The lowest BCUT2D eigenvalue weighted by Crippen LogP contribution is -2.41. The van der Waals surface area contributed by atoms with E-state index in [9.17, 15) is 14.4 Å². The van der Waals surface area contributed by atoms with Gasteiger partial charge in [-0.3, -0.25) is 9.59 Å². The Labute approximate surface area is 169 Å². The highest BCUT2D eigenvalue weighted by atomic mass is 16.5. The number of carbonyl (C=O) groups is 3. The Morgan fingerprint density at radius 2 is 1.72 bits per heavy atom. The van der Waals surface area contributed by atoms with Crippen molar-refractivity contribution in [2.24, 2.45) is 0 Å². The van der Waals surface area contributed by atoms with Crippen LogP contribution in [0.15, 0.2) is 48.5 Å². The van der Waals surface area contributed by atoms with Crippen LogP contribution in [0.5, 0.6) is 0 Å². The fourth-order valence-corrected chi connectivity index (χ4v) is 3.83. The van der Waals surface area contributed by atoms with Gasteiger partial charge in [0.2, 0.25) is 0 Å². The lowest BCUT2D eigenvalue weighted by molar-refractivity contribution is -0.130. The number of fused-ring (bicyclic) bond motifs is 1. The minimum atomic E-state index is -0.822. The van der Waals surface area contributed by atoms with Crippen molar-refractivity contribution in [1.29, 1.82) is 0 Å². The van der Waals surface area contributed by atoms with Gasteiger partial charge in [-0.25, -0.2) is 4.79 Å². The van der Waals surface area contributed by atoms with Gasteiger partial charge in [0.05, 0.1) is 5.56 Å². The molecule has 1 N–H and O–H groups in total. The molecule has 29 heavy (non-hydrogen) atoms. The van der Waals surface area contributed by atoms with Gasteiger partial charge in [-0.15, -0.1) is 0 Å². The summed E-state index contributed by atoms with van der Waals surface area (Å²) in [7, 11) is 0. The minimum Gasteiger partial charge on any atom is -0.448 e. The van der Waals surface area contributed by atoms with E-state index in [4.69, 9.17) is 4.74 Å². The van der Waals surface area contributed by atoms with Gasteiger partial charge in [0, 0.05) is 31.6 Å². The van der Waals surface area contributed by atoms with Gasteiger partial charge in [-0.1, -0.05) is 30.3 Å². The highest BCUT2D eigenvalue weighted by Gasteiger charge is 2.30. The number of rotatable bonds is 4. The fraction of sp³-hybridized carbons (Fsp3) is 0.348. The van der Waals surface area contributed by atoms with Crippen LogP contribution in [-0.2, 0) is 22.5 Å². The molecule has 2 aromatic carbocycles. The molecule has 2 aliphatic heterocycles. The topological polar surface area (TPSA) is 75.7 Å². The van der Waals surface area contributed by atoms with E-state index in [-0.39, 0.29) is 11.8 Å². The van der Waals surface area contributed by atoms with Crippen molar-refractivity contribution in [2.45, 2.75) is 38.3 Å². The van der Waals surface area contributed by atoms with Crippen molar-refractivity contribution in [3.63, 3.8) is 0 Å². The number of cyclic esters (lactones) is 1. The molecule has 2 heterocycles. The summed E-state index contributed by atoms with van der Waals surface area (Å²) < 4.78 is 5.28. The Kier molecular flexibility index (Phi) is 5.60. The first-order chi connectivity index (χ1) is 14.1. The molecule has 1 saturated heterocycles. The maximum absolute atomic E-state index is 12.5. The number of esters is 1. The molecule has 6 heteroatoms. The molecule has 0 spiro atoms. The highest BCUT2D eigenvalue weighted by molar-refractivity contribution is 5.96. The monoisotopic (exact) mass is 392 g/mol. The molecular formula is C23H24N2O4. The maximum Gasteiger partial charge on any atom is 0.339 e. The number of piperidine rings is 1. The molecule has 0 bridgehead atoms. The Hall–Kier alpha value is -3.15. The van der Waals surface area contributed by atoms with Crippen molar-refractivity contribution >= 4 is 17.8 Å². The van der Waals surface area contributed by atoms with Crippen molar-refractivity contribution in [3.8, 4) is 0 Å². The lowest BCUT2D eigenvalue weighted by atomic mass is 9.98. The van der Waals surface area contributed by atoms with Gasteiger partial charge >= 0.3 is 5.97 Å². The van der Waals surface area contributed by atoms with E-state index in [1.165, 1.54) is 6.42 Å². The van der Waals surface area contributed by atoms with Gasteiger partial charge in [0.25, 0.3) is 11.8 Å². The quantitative estimate of drug-likeness (QED) is 0.812. The summed E-state index contributed by atoms with van der Waals surface area (Å²) in [6.45, 7) is 1.95. The second kappa shape index (κ2) is 8.47. The summed E-state index contributed by atoms with van der Waals surface area (Å²) >= 11 is 0. The number of carbonyl (C=O) groups excluding carboxylic acids is 3. The predicted octanol–water partition coefficient (Wildman–Crippen LogP) is 2.71. The normalized spacial score (nSPS) is 18.6. The average molecular weight is 392 g/mol. The van der Waals surface area contributed by atoms with Crippen molar-refractivity contribution in [1.82, 2.24) is 10.2 Å². The first kappa shape index (κ1) is 19.2. The number of ether oxygens (including phenoxy) is 1. The van der Waals surface area contributed by atoms with Gasteiger partial charge in [-0.2, -0.15) is 0 Å². The summed E-state index contributed by atoms with van der Waals surface area (Å²) in [4.78, 5) is 38.9. The van der Waals surface area contributed by atoms with E-state index in [2.05, 4.69) is 5.32 Å². The first-order valence-electron chi connectivity index (χ1n) is 10.1. The molecule has 150 valence electrons. The molecule has 2 amide bonds. The van der Waals surface area contributed by atoms with Gasteiger partial charge in [0.15, 0.2) is 6.10 Å². The molecule has 1 atom stereocenters. The smallest absolute Gasteiger partial charge is 0.339 e. The van der Waals surface area contributed by atoms with E-state index in [1.807, 2.05) is 29.2 Å². The Morgan fingerprint density at radius 3 is 2.48 bits per heavy atom. The van der Waals surface area contributed by atoms with Crippen LogP contribution < -0.4 is 5.32 Å². The summed E-state index contributed by atoms with van der Waals surface area (Å²) in [5, 5.41) is 2.82. The first-order valence-corrected chi connectivity index (χ1v) is 10.1. The SMILES string of the molecule is O=C1OC(C(=O)NCc2ccc(C(=O)N3CCCCC3)cc2)Cc2ccccc21. The minimum absolute atomic E-state index is 0.0630. The summed E-state index contributed by atoms with van der Waals surface area (Å²) in [5.41, 5.74) is 2.89. The number of likely N-dealkylation sites (tertiary alicyclic amines) is 1. The van der Waals surface area contributed by atoms with Crippen LogP contribution in [0.25, 0.3) is 0 Å². The molecule has 1 unspecified atom stereocenters. The number of benzene rings is 2. The van der Waals surface area contributed by atoms with E-state index < -0.39 is 12.1 Å². The van der Waals surface area contributed by atoms with Crippen molar-refractivity contribution in [3.05, 3.63) is 70.8 Å². The summed E-state index contributed by atoms with van der Waals surface area (Å²) in [5.74, 6) is -0.720. The third-order valence-corrected chi connectivity index (χ3v) is 5.50. The summed E-state index contributed by atoms with van der Waals surface area (Å²) in [6.07, 6.45) is 2.86. The number of amides is 2. The standard InChI is InChI=1S/C23H24N2O4/c26-21(20-14-18-6-2-3-7-19(18)23(28)29-20)24-15-16-8-10-17(11-9-16)22(27)25-12-4-1-5-13-25/h2-3,6-11,20H,1,4-5,12-15H2,(H,24,26). The predicted molar refractivity (Wildman–Crippen MR) is 107 cm³/mol. The molecule has 0 radical (unpaired) electrons. The second-order valence-electron chi connectivity index (χ2n) is 7.52. The number of nitrogens with one attached hydrogen (secondary N) is 1. The maximum atomic E-state index is 12.5. The average Bonchev–Trinajstić information content (AvgIpc) is 2.78. The zero-order valence-electron chi connectivity index (χ0n) is 16.2. The third kappa shape index (κ3) is 4.31. The van der Waals surface area contributed by atoms with E-state index in [0.717, 1.165) is 37.1 Å². The van der Waals surface area contributed by atoms with Crippen molar-refractivity contribution in [2.75, 3.05) is 13.1 Å². The molecule has 0 aliphatic carbocycles. The zero-order chi connectivity index (χ0) is 20.2. The molecule has 2 aliphatic rings. The largest absolute Gasteiger partial charge is 0.448 e. The van der Waals surface area contributed by atoms with E-state index in [1.54, 1.807) is 24.3 Å². The summed E-state index contributed by atoms with van der Waals surface area (Å²) in [6, 6.07) is 14.5. The van der Waals surface area contributed by atoms with Gasteiger partial charge < -0.3 is 15.0 Å². The van der Waals surface area contributed by atoms with Crippen LogP contribution in [0.1, 0.15) is 51.1 Å². The molecular weight excluding hydrogens is 368 g/mol. The second-order valence-corrected chi connectivity index (χ2v) is 7.52. The zero-order valence-corrected chi connectivity index (χ0v) is 16.2. The molecule has 2 aromatic rings. The molecule has 0 aromatic heterocycles. The Morgan fingerprint density at radius 1 is 1.00 bits per heavy atom. The van der Waals surface area contributed by atoms with Crippen LogP contribution in [-0.4, -0.2) is 41.9 Å². The van der Waals surface area contributed by atoms with Crippen LogP contribution in [0, 0.1) is 0 Å². The lowest BCUT2D eigenvalue weighted by Gasteiger charge is -2.26.